The Labute approximate surface area is 164 Å². The molecule has 1 aromatic carbocycles. The van der Waals surface area contributed by atoms with E-state index in [0.29, 0.717) is 28.4 Å². The van der Waals surface area contributed by atoms with Crippen molar-refractivity contribution < 1.29 is 9.18 Å². The summed E-state index contributed by atoms with van der Waals surface area (Å²) in [6.07, 6.45) is 3.43. The van der Waals surface area contributed by atoms with E-state index in [1.807, 2.05) is 6.92 Å². The number of rotatable bonds is 5. The van der Waals surface area contributed by atoms with Gasteiger partial charge in [0.25, 0.3) is 0 Å². The number of halogens is 1. The number of benzene rings is 1. The molecule has 1 aliphatic rings. The van der Waals surface area contributed by atoms with Gasteiger partial charge in [0.2, 0.25) is 5.91 Å². The fourth-order valence-corrected chi connectivity index (χ4v) is 4.42. The summed E-state index contributed by atoms with van der Waals surface area (Å²) in [6, 6.07) is 6.72. The molecule has 1 fully saturated rings. The maximum atomic E-state index is 14.0. The first-order valence-corrected chi connectivity index (χ1v) is 10.4. The summed E-state index contributed by atoms with van der Waals surface area (Å²) in [7, 11) is 1.79. The molecule has 0 saturated heterocycles. The monoisotopic (exact) mass is 390 g/mol. The van der Waals surface area contributed by atoms with Crippen LogP contribution < -0.4 is 5.32 Å². The molecule has 146 valence electrons. The molecule has 1 aromatic heterocycles. The van der Waals surface area contributed by atoms with Gasteiger partial charge in [-0.3, -0.25) is 4.79 Å². The lowest BCUT2D eigenvalue weighted by Crippen LogP contribution is -2.46. The molecule has 1 saturated carbocycles. The summed E-state index contributed by atoms with van der Waals surface area (Å²) >= 11 is 1.35. The summed E-state index contributed by atoms with van der Waals surface area (Å²) < 4.78 is 15.8. The van der Waals surface area contributed by atoms with E-state index < -0.39 is 0 Å². The van der Waals surface area contributed by atoms with Crippen molar-refractivity contribution in [1.29, 1.82) is 0 Å². The Morgan fingerprint density at radius 1 is 1.30 bits per heavy atom. The molecule has 0 radical (unpaired) electrons. The first-order chi connectivity index (χ1) is 12.9. The standard InChI is InChI=1S/C20H27FN4OS/c1-12-8-7-11-17(13(12)2)22-19(26)14(3)27-20-24-23-18(25(20)4)15-9-5-6-10-16(15)21/h5-6,9-10,12-14,17H,7-8,11H2,1-4H3,(H,22,26)/t12-,13+,14+,17+/m0/s1. The van der Waals surface area contributed by atoms with Gasteiger partial charge < -0.3 is 9.88 Å². The maximum Gasteiger partial charge on any atom is 0.233 e. The molecule has 0 bridgehead atoms. The first-order valence-electron chi connectivity index (χ1n) is 9.49. The molecule has 1 heterocycles. The second kappa shape index (κ2) is 8.42. The van der Waals surface area contributed by atoms with Crippen molar-refractivity contribution in [2.45, 2.75) is 56.5 Å². The highest BCUT2D eigenvalue weighted by atomic mass is 32.2. The van der Waals surface area contributed by atoms with E-state index >= 15 is 0 Å². The molecule has 7 heteroatoms. The molecule has 1 aliphatic carbocycles. The summed E-state index contributed by atoms with van der Waals surface area (Å²) in [4.78, 5) is 12.7. The van der Waals surface area contributed by atoms with Crippen LogP contribution in [-0.2, 0) is 11.8 Å². The van der Waals surface area contributed by atoms with Crippen LogP contribution in [0.2, 0.25) is 0 Å². The fourth-order valence-electron chi connectivity index (χ4n) is 3.59. The smallest absolute Gasteiger partial charge is 0.233 e. The van der Waals surface area contributed by atoms with Crippen molar-refractivity contribution in [3.8, 4) is 11.4 Å². The third-order valence-corrected chi connectivity index (χ3v) is 6.77. The Bertz CT molecular complexity index is 809. The normalized spacial score (nSPS) is 23.8. The van der Waals surface area contributed by atoms with Crippen LogP contribution in [0.4, 0.5) is 4.39 Å². The van der Waals surface area contributed by atoms with Crippen LogP contribution in [0, 0.1) is 17.7 Å². The zero-order chi connectivity index (χ0) is 19.6. The van der Waals surface area contributed by atoms with Crippen LogP contribution in [-0.4, -0.2) is 32.0 Å². The number of hydrogen-bond donors (Lipinski definition) is 1. The number of amides is 1. The number of aromatic nitrogens is 3. The minimum Gasteiger partial charge on any atom is -0.352 e. The molecule has 1 N–H and O–H groups in total. The van der Waals surface area contributed by atoms with Gasteiger partial charge in [0.1, 0.15) is 5.82 Å². The highest BCUT2D eigenvalue weighted by Gasteiger charge is 2.30. The SMILES string of the molecule is C[C@@H]1[C@@H](C)CCC[C@H]1NC(=O)[C@@H](C)Sc1nnc(-c2ccccc2F)n1C. The summed E-state index contributed by atoms with van der Waals surface area (Å²) in [5.41, 5.74) is 0.404. The quantitative estimate of drug-likeness (QED) is 0.783. The van der Waals surface area contributed by atoms with Gasteiger partial charge in [0.15, 0.2) is 11.0 Å². The molecular formula is C20H27FN4OS. The molecular weight excluding hydrogens is 363 g/mol. The first kappa shape index (κ1) is 19.9. The highest BCUT2D eigenvalue weighted by molar-refractivity contribution is 8.00. The van der Waals surface area contributed by atoms with Crippen molar-refractivity contribution in [2.75, 3.05) is 0 Å². The van der Waals surface area contributed by atoms with Gasteiger partial charge in [0, 0.05) is 13.1 Å². The lowest BCUT2D eigenvalue weighted by molar-refractivity contribution is -0.121. The van der Waals surface area contributed by atoms with E-state index in [2.05, 4.69) is 29.4 Å². The molecule has 27 heavy (non-hydrogen) atoms. The molecule has 1 amide bonds. The van der Waals surface area contributed by atoms with E-state index in [9.17, 15) is 9.18 Å². The van der Waals surface area contributed by atoms with Crippen molar-refractivity contribution in [2.24, 2.45) is 18.9 Å². The van der Waals surface area contributed by atoms with Gasteiger partial charge in [-0.15, -0.1) is 10.2 Å². The van der Waals surface area contributed by atoms with Crippen LogP contribution in [0.3, 0.4) is 0 Å². The molecule has 2 aromatic rings. The van der Waals surface area contributed by atoms with Gasteiger partial charge >= 0.3 is 0 Å². The Hall–Kier alpha value is -1.89. The zero-order valence-corrected chi connectivity index (χ0v) is 17.1. The summed E-state index contributed by atoms with van der Waals surface area (Å²) in [5.74, 6) is 1.26. The van der Waals surface area contributed by atoms with Crippen LogP contribution in [0.25, 0.3) is 11.4 Å². The Morgan fingerprint density at radius 3 is 2.78 bits per heavy atom. The van der Waals surface area contributed by atoms with Gasteiger partial charge in [0.05, 0.1) is 10.8 Å². The molecule has 3 rings (SSSR count). The number of carbonyl (C=O) groups excluding carboxylic acids is 1. The van der Waals surface area contributed by atoms with Crippen molar-refractivity contribution in [1.82, 2.24) is 20.1 Å². The molecule has 0 unspecified atom stereocenters. The van der Waals surface area contributed by atoms with E-state index in [0.717, 1.165) is 12.8 Å². The lowest BCUT2D eigenvalue weighted by Gasteiger charge is -2.35. The maximum absolute atomic E-state index is 14.0. The molecule has 5 nitrogen and oxygen atoms in total. The predicted octanol–water partition coefficient (Wildman–Crippen LogP) is 4.04. The number of nitrogens with zero attached hydrogens (tertiary/aromatic N) is 3. The van der Waals surface area contributed by atoms with Crippen LogP contribution in [0.1, 0.15) is 40.0 Å². The van der Waals surface area contributed by atoms with E-state index in [-0.39, 0.29) is 23.0 Å². The topological polar surface area (TPSA) is 59.8 Å². The number of hydrogen-bond acceptors (Lipinski definition) is 4. The highest BCUT2D eigenvalue weighted by Crippen LogP contribution is 2.31. The van der Waals surface area contributed by atoms with Crippen molar-refractivity contribution in [3.05, 3.63) is 30.1 Å². The van der Waals surface area contributed by atoms with E-state index in [1.165, 1.54) is 24.2 Å². The predicted molar refractivity (Wildman–Crippen MR) is 106 cm³/mol. The van der Waals surface area contributed by atoms with Crippen LogP contribution in [0.15, 0.2) is 29.4 Å². The lowest BCUT2D eigenvalue weighted by atomic mass is 9.78. The third-order valence-electron chi connectivity index (χ3n) is 5.64. The molecule has 4 atom stereocenters. The number of nitrogens with one attached hydrogen (secondary N) is 1. The Morgan fingerprint density at radius 2 is 2.04 bits per heavy atom. The van der Waals surface area contributed by atoms with Gasteiger partial charge in [-0.05, 0) is 37.3 Å². The second-order valence-electron chi connectivity index (χ2n) is 7.49. The fraction of sp³-hybridized carbons (Fsp3) is 0.550. The Kier molecular flexibility index (Phi) is 6.19. The second-order valence-corrected chi connectivity index (χ2v) is 8.80. The van der Waals surface area contributed by atoms with E-state index in [1.54, 1.807) is 29.8 Å². The molecule has 0 aliphatic heterocycles. The minimum atomic E-state index is -0.337. The average Bonchev–Trinajstić information content (AvgIpc) is 3.00. The van der Waals surface area contributed by atoms with Crippen LogP contribution >= 0.6 is 11.8 Å². The van der Waals surface area contributed by atoms with Gasteiger partial charge in [-0.1, -0.05) is 50.6 Å². The molecule has 0 spiro atoms. The van der Waals surface area contributed by atoms with Crippen molar-refractivity contribution in [3.63, 3.8) is 0 Å². The third kappa shape index (κ3) is 4.34. The summed E-state index contributed by atoms with van der Waals surface area (Å²) in [5, 5.41) is 11.8. The van der Waals surface area contributed by atoms with Crippen LogP contribution in [0.5, 0.6) is 0 Å². The average molecular weight is 391 g/mol. The van der Waals surface area contributed by atoms with Gasteiger partial charge in [-0.2, -0.15) is 0 Å². The summed E-state index contributed by atoms with van der Waals surface area (Å²) in [6.45, 7) is 6.34. The zero-order valence-electron chi connectivity index (χ0n) is 16.3. The number of thioether (sulfide) groups is 1. The Balaban J connectivity index is 1.67. The largest absolute Gasteiger partial charge is 0.352 e. The number of carbonyl (C=O) groups is 1. The minimum absolute atomic E-state index is 0.0152. The van der Waals surface area contributed by atoms with Crippen molar-refractivity contribution >= 4 is 17.7 Å². The van der Waals surface area contributed by atoms with Gasteiger partial charge in [-0.25, -0.2) is 4.39 Å². The van der Waals surface area contributed by atoms with E-state index in [4.69, 9.17) is 0 Å².